The van der Waals surface area contributed by atoms with E-state index in [0.717, 1.165) is 47.4 Å². The van der Waals surface area contributed by atoms with Crippen molar-refractivity contribution in [2.75, 3.05) is 13.1 Å². The predicted molar refractivity (Wildman–Crippen MR) is 107 cm³/mol. The fourth-order valence-corrected chi connectivity index (χ4v) is 3.64. The molecule has 2 aromatic heterocycles. The summed E-state index contributed by atoms with van der Waals surface area (Å²) in [6.07, 6.45) is 10.4. The summed E-state index contributed by atoms with van der Waals surface area (Å²) in [5.41, 5.74) is 4.06. The minimum absolute atomic E-state index is 0.451. The Kier molecular flexibility index (Phi) is 4.97. The molecular formula is C21H25N5. The molecule has 3 aromatic rings. The van der Waals surface area contributed by atoms with Crippen molar-refractivity contribution in [3.8, 4) is 11.1 Å². The van der Waals surface area contributed by atoms with Crippen LogP contribution in [0.25, 0.3) is 27.6 Å². The van der Waals surface area contributed by atoms with E-state index in [-0.39, 0.29) is 0 Å². The Morgan fingerprint density at radius 3 is 3.00 bits per heavy atom. The molecule has 1 atom stereocenters. The van der Waals surface area contributed by atoms with Crippen molar-refractivity contribution in [1.29, 1.82) is 0 Å². The van der Waals surface area contributed by atoms with Crippen LogP contribution in [-0.2, 0) is 0 Å². The number of hydrogen-bond acceptors (Lipinski definition) is 4. The predicted octanol–water partition coefficient (Wildman–Crippen LogP) is 3.72. The Balaban J connectivity index is 1.56. The number of nitrogens with zero attached hydrogens (tertiary/aromatic N) is 2. The maximum absolute atomic E-state index is 4.28. The average molecular weight is 347 g/mol. The maximum atomic E-state index is 4.28. The van der Waals surface area contributed by atoms with Gasteiger partial charge in [0.25, 0.3) is 0 Å². The van der Waals surface area contributed by atoms with E-state index in [1.165, 1.54) is 24.6 Å². The van der Waals surface area contributed by atoms with E-state index in [9.17, 15) is 0 Å². The lowest BCUT2D eigenvalue weighted by molar-refractivity contribution is 0.435. The summed E-state index contributed by atoms with van der Waals surface area (Å²) >= 11 is 0. The highest BCUT2D eigenvalue weighted by Gasteiger charge is 2.16. The second kappa shape index (κ2) is 7.70. The Bertz CT molecular complexity index is 890. The second-order valence-electron chi connectivity index (χ2n) is 6.95. The lowest BCUT2D eigenvalue weighted by Gasteiger charge is -2.23. The molecule has 0 aliphatic carbocycles. The first-order valence-electron chi connectivity index (χ1n) is 9.35. The van der Waals surface area contributed by atoms with E-state index in [1.54, 1.807) is 0 Å². The molecule has 5 heteroatoms. The zero-order valence-corrected chi connectivity index (χ0v) is 15.0. The van der Waals surface area contributed by atoms with Crippen LogP contribution in [-0.4, -0.2) is 34.3 Å². The van der Waals surface area contributed by atoms with E-state index in [1.807, 2.05) is 24.7 Å². The van der Waals surface area contributed by atoms with Gasteiger partial charge in [-0.2, -0.15) is 5.10 Å². The molecule has 1 aliphatic rings. The van der Waals surface area contributed by atoms with Crippen LogP contribution in [0.5, 0.6) is 0 Å². The number of H-pyrrole nitrogens is 1. The first kappa shape index (κ1) is 16.8. The Morgan fingerprint density at radius 1 is 1.08 bits per heavy atom. The van der Waals surface area contributed by atoms with E-state index in [4.69, 9.17) is 0 Å². The lowest BCUT2D eigenvalue weighted by atomic mass is 10.0. The first-order valence-corrected chi connectivity index (χ1v) is 9.35. The Labute approximate surface area is 153 Å². The second-order valence-corrected chi connectivity index (χ2v) is 6.95. The van der Waals surface area contributed by atoms with Crippen molar-refractivity contribution in [2.24, 2.45) is 0 Å². The third-order valence-corrected chi connectivity index (χ3v) is 5.10. The number of rotatable bonds is 4. The van der Waals surface area contributed by atoms with Gasteiger partial charge in [0, 0.05) is 29.4 Å². The molecule has 0 saturated carbocycles. The zero-order valence-electron chi connectivity index (χ0n) is 15.0. The molecule has 134 valence electrons. The molecule has 3 N–H and O–H groups in total. The summed E-state index contributed by atoms with van der Waals surface area (Å²) in [5.74, 6) is 0. The minimum atomic E-state index is 0.451. The molecule has 1 unspecified atom stereocenters. The summed E-state index contributed by atoms with van der Waals surface area (Å²) in [4.78, 5) is 4.23. The topological polar surface area (TPSA) is 65.6 Å². The number of benzene rings is 1. The summed E-state index contributed by atoms with van der Waals surface area (Å²) in [5, 5.41) is 16.8. The van der Waals surface area contributed by atoms with E-state index >= 15 is 0 Å². The molecule has 26 heavy (non-hydrogen) atoms. The number of nitrogens with one attached hydrogen (secondary N) is 3. The zero-order chi connectivity index (χ0) is 17.8. The number of aromatic nitrogens is 3. The number of pyridine rings is 1. The monoisotopic (exact) mass is 347 g/mol. The van der Waals surface area contributed by atoms with Crippen LogP contribution in [0, 0.1) is 0 Å². The van der Waals surface area contributed by atoms with Gasteiger partial charge in [0.05, 0.1) is 17.6 Å². The smallest absolute Gasteiger partial charge is 0.0881 e. The molecule has 0 bridgehead atoms. The van der Waals surface area contributed by atoms with Gasteiger partial charge < -0.3 is 10.6 Å². The third-order valence-electron chi connectivity index (χ3n) is 5.10. The molecular weight excluding hydrogens is 322 g/mol. The number of hydrogen-bond donors (Lipinski definition) is 3. The van der Waals surface area contributed by atoms with Gasteiger partial charge in [0.1, 0.15) is 0 Å². The van der Waals surface area contributed by atoms with Crippen molar-refractivity contribution in [1.82, 2.24) is 25.8 Å². The fourth-order valence-electron chi connectivity index (χ4n) is 3.64. The van der Waals surface area contributed by atoms with Crippen molar-refractivity contribution in [2.45, 2.75) is 31.7 Å². The standard InChI is InChI=1S/C21H25N5/c1-15(25-19-4-2-3-9-22-11-8-19)21-20(14-24-26-21)17-6-5-16-7-10-23-13-18(16)12-17/h5-7,10,12-14,19,22,25H,1-4,8-9,11H2,(H,24,26). The number of fused-ring (bicyclic) bond motifs is 1. The van der Waals surface area contributed by atoms with Crippen LogP contribution in [0.3, 0.4) is 0 Å². The summed E-state index contributed by atoms with van der Waals surface area (Å²) in [7, 11) is 0. The van der Waals surface area contributed by atoms with Gasteiger partial charge >= 0.3 is 0 Å². The molecule has 5 nitrogen and oxygen atoms in total. The molecule has 1 aliphatic heterocycles. The van der Waals surface area contributed by atoms with Crippen LogP contribution in [0.4, 0.5) is 0 Å². The van der Waals surface area contributed by atoms with Crippen LogP contribution in [0.15, 0.2) is 49.4 Å². The largest absolute Gasteiger partial charge is 0.381 e. The van der Waals surface area contributed by atoms with Gasteiger partial charge in [-0.1, -0.05) is 25.1 Å². The van der Waals surface area contributed by atoms with Gasteiger partial charge in [-0.05, 0) is 55.4 Å². The van der Waals surface area contributed by atoms with Crippen molar-refractivity contribution >= 4 is 16.5 Å². The highest BCUT2D eigenvalue weighted by atomic mass is 15.1. The van der Waals surface area contributed by atoms with Crippen LogP contribution >= 0.6 is 0 Å². The minimum Gasteiger partial charge on any atom is -0.381 e. The highest BCUT2D eigenvalue weighted by molar-refractivity contribution is 5.88. The highest BCUT2D eigenvalue weighted by Crippen LogP contribution is 2.28. The molecule has 1 fully saturated rings. The van der Waals surface area contributed by atoms with Crippen molar-refractivity contribution in [3.05, 3.63) is 55.1 Å². The van der Waals surface area contributed by atoms with Crippen molar-refractivity contribution < 1.29 is 0 Å². The summed E-state index contributed by atoms with van der Waals surface area (Å²) in [6.45, 7) is 6.47. The molecule has 0 amide bonds. The molecule has 0 radical (unpaired) electrons. The first-order chi connectivity index (χ1) is 12.8. The van der Waals surface area contributed by atoms with Crippen LogP contribution in [0.2, 0.25) is 0 Å². The van der Waals surface area contributed by atoms with Crippen LogP contribution in [0.1, 0.15) is 31.4 Å². The maximum Gasteiger partial charge on any atom is 0.0881 e. The third kappa shape index (κ3) is 3.63. The average Bonchev–Trinajstić information content (AvgIpc) is 3.13. The van der Waals surface area contributed by atoms with Gasteiger partial charge in [-0.15, -0.1) is 0 Å². The molecule has 1 aromatic carbocycles. The van der Waals surface area contributed by atoms with E-state index < -0.39 is 0 Å². The van der Waals surface area contributed by atoms with E-state index in [0.29, 0.717) is 6.04 Å². The molecule has 1 saturated heterocycles. The number of aromatic amines is 1. The molecule has 0 spiro atoms. The molecule has 3 heterocycles. The SMILES string of the molecule is C=C(NC1CCCCNCC1)c1[nH]ncc1-c1ccc2ccncc2c1. The van der Waals surface area contributed by atoms with E-state index in [2.05, 4.69) is 50.6 Å². The quantitative estimate of drug-likeness (QED) is 0.673. The van der Waals surface area contributed by atoms with Gasteiger partial charge in [-0.3, -0.25) is 10.1 Å². The molecule has 4 rings (SSSR count). The van der Waals surface area contributed by atoms with Crippen LogP contribution < -0.4 is 10.6 Å². The lowest BCUT2D eigenvalue weighted by Crippen LogP contribution is -2.33. The van der Waals surface area contributed by atoms with Crippen molar-refractivity contribution in [3.63, 3.8) is 0 Å². The normalized spacial score (nSPS) is 18.2. The van der Waals surface area contributed by atoms with Gasteiger partial charge in [0.2, 0.25) is 0 Å². The fraction of sp³-hybridized carbons (Fsp3) is 0.333. The van der Waals surface area contributed by atoms with Gasteiger partial charge in [-0.25, -0.2) is 0 Å². The van der Waals surface area contributed by atoms with Gasteiger partial charge in [0.15, 0.2) is 0 Å². The Morgan fingerprint density at radius 2 is 2.04 bits per heavy atom. The summed E-state index contributed by atoms with van der Waals surface area (Å²) < 4.78 is 0. The summed E-state index contributed by atoms with van der Waals surface area (Å²) in [6, 6.07) is 8.89. The Hall–Kier alpha value is -2.66.